The first kappa shape index (κ1) is 13.6. The number of aliphatic carboxylic acids is 1. The van der Waals surface area contributed by atoms with E-state index in [2.05, 4.69) is 20.0 Å². The van der Waals surface area contributed by atoms with Crippen molar-refractivity contribution in [2.24, 2.45) is 0 Å². The average molecular weight is 253 g/mol. The number of carbonyl (C=O) groups is 3. The third-order valence-electron chi connectivity index (χ3n) is 2.00. The Bertz CT molecular complexity index is 448. The fourth-order valence-corrected chi connectivity index (χ4v) is 1.10. The summed E-state index contributed by atoms with van der Waals surface area (Å²) in [6.45, 7) is 0. The number of nitrogens with zero attached hydrogens (tertiary/aromatic N) is 2. The van der Waals surface area contributed by atoms with Crippen LogP contribution in [0.3, 0.4) is 0 Å². The number of methoxy groups -OCH3 is 1. The monoisotopic (exact) mass is 253 g/mol. The van der Waals surface area contributed by atoms with Crippen molar-refractivity contribution in [3.05, 3.63) is 24.3 Å². The molecule has 1 heterocycles. The number of carboxylic acid groups (broad SMARTS) is 1. The molecule has 0 saturated carbocycles. The minimum atomic E-state index is -1.37. The highest BCUT2D eigenvalue weighted by atomic mass is 16.5. The van der Waals surface area contributed by atoms with E-state index in [4.69, 9.17) is 5.11 Å². The molecule has 0 spiro atoms. The van der Waals surface area contributed by atoms with Crippen LogP contribution in [0.25, 0.3) is 0 Å². The summed E-state index contributed by atoms with van der Waals surface area (Å²) in [7, 11) is 1.13. The summed E-state index contributed by atoms with van der Waals surface area (Å²) in [5.41, 5.74) is -0.0337. The molecule has 1 amide bonds. The van der Waals surface area contributed by atoms with E-state index in [1.54, 1.807) is 0 Å². The number of carboxylic acids is 1. The molecule has 1 atom stereocenters. The van der Waals surface area contributed by atoms with Crippen LogP contribution in [0.5, 0.6) is 0 Å². The standard InChI is InChI=1S/C10H11N3O5/c1-18-8(14)4-6(10(16)17)13-9(15)7-5-11-2-3-12-7/h2-3,5-6H,4H2,1H3,(H,13,15)(H,16,17)/t6-/m0/s1. The first-order valence-corrected chi connectivity index (χ1v) is 4.91. The zero-order valence-electron chi connectivity index (χ0n) is 9.49. The number of amides is 1. The maximum atomic E-state index is 11.6. The Morgan fingerprint density at radius 3 is 2.67 bits per heavy atom. The van der Waals surface area contributed by atoms with Crippen LogP contribution in [-0.2, 0) is 14.3 Å². The van der Waals surface area contributed by atoms with Gasteiger partial charge >= 0.3 is 11.9 Å². The SMILES string of the molecule is COC(=O)C[C@H](NC(=O)c1cnccn1)C(=O)O. The normalized spacial score (nSPS) is 11.4. The summed E-state index contributed by atoms with van der Waals surface area (Å²) in [4.78, 5) is 40.8. The van der Waals surface area contributed by atoms with Crippen molar-refractivity contribution in [3.8, 4) is 0 Å². The van der Waals surface area contributed by atoms with E-state index in [1.165, 1.54) is 18.6 Å². The topological polar surface area (TPSA) is 118 Å². The first-order chi connectivity index (χ1) is 8.54. The van der Waals surface area contributed by atoms with Crippen LogP contribution in [0.15, 0.2) is 18.6 Å². The summed E-state index contributed by atoms with van der Waals surface area (Å²) in [6.07, 6.45) is 3.40. The molecule has 2 N–H and O–H groups in total. The molecule has 96 valence electrons. The maximum absolute atomic E-state index is 11.6. The Balaban J connectivity index is 2.70. The van der Waals surface area contributed by atoms with Gasteiger partial charge in [-0.1, -0.05) is 0 Å². The second-order valence-corrected chi connectivity index (χ2v) is 3.24. The molecule has 0 aliphatic heterocycles. The Hall–Kier alpha value is -2.51. The Labute approximate surface area is 102 Å². The molecule has 0 aliphatic rings. The van der Waals surface area contributed by atoms with Gasteiger partial charge in [0.2, 0.25) is 0 Å². The number of hydrogen-bond donors (Lipinski definition) is 2. The number of nitrogens with one attached hydrogen (secondary N) is 1. The van der Waals surface area contributed by atoms with Crippen molar-refractivity contribution in [2.75, 3.05) is 7.11 Å². The summed E-state index contributed by atoms with van der Waals surface area (Å²) < 4.78 is 4.34. The quantitative estimate of drug-likeness (QED) is 0.661. The highest BCUT2D eigenvalue weighted by Crippen LogP contribution is 1.98. The van der Waals surface area contributed by atoms with Gasteiger partial charge in [-0.25, -0.2) is 9.78 Å². The van der Waals surface area contributed by atoms with E-state index in [0.29, 0.717) is 0 Å². The largest absolute Gasteiger partial charge is 0.480 e. The van der Waals surface area contributed by atoms with Crippen LogP contribution < -0.4 is 5.32 Å². The van der Waals surface area contributed by atoms with E-state index >= 15 is 0 Å². The van der Waals surface area contributed by atoms with Gasteiger partial charge in [-0.15, -0.1) is 0 Å². The number of hydrogen-bond acceptors (Lipinski definition) is 6. The van der Waals surface area contributed by atoms with Gasteiger partial charge in [0.05, 0.1) is 19.7 Å². The molecule has 0 bridgehead atoms. The molecule has 0 aliphatic carbocycles. The molecular formula is C10H11N3O5. The van der Waals surface area contributed by atoms with Gasteiger partial charge in [-0.2, -0.15) is 0 Å². The summed E-state index contributed by atoms with van der Waals surface area (Å²) >= 11 is 0. The van der Waals surface area contributed by atoms with E-state index in [1.807, 2.05) is 0 Å². The van der Waals surface area contributed by atoms with Gasteiger partial charge in [0, 0.05) is 12.4 Å². The highest BCUT2D eigenvalue weighted by Gasteiger charge is 2.24. The second-order valence-electron chi connectivity index (χ2n) is 3.24. The van der Waals surface area contributed by atoms with E-state index in [0.717, 1.165) is 7.11 Å². The predicted molar refractivity (Wildman–Crippen MR) is 57.6 cm³/mol. The lowest BCUT2D eigenvalue weighted by atomic mass is 10.2. The molecular weight excluding hydrogens is 242 g/mol. The zero-order chi connectivity index (χ0) is 13.5. The Morgan fingerprint density at radius 2 is 2.17 bits per heavy atom. The maximum Gasteiger partial charge on any atom is 0.326 e. The first-order valence-electron chi connectivity index (χ1n) is 4.91. The third kappa shape index (κ3) is 3.81. The van der Waals surface area contributed by atoms with Crippen LogP contribution in [0.1, 0.15) is 16.9 Å². The lowest BCUT2D eigenvalue weighted by Crippen LogP contribution is -2.42. The van der Waals surface area contributed by atoms with E-state index in [9.17, 15) is 14.4 Å². The lowest BCUT2D eigenvalue weighted by molar-refractivity contribution is -0.147. The average Bonchev–Trinajstić information content (AvgIpc) is 2.38. The Kier molecular flexibility index (Phi) is 4.73. The Morgan fingerprint density at radius 1 is 1.44 bits per heavy atom. The predicted octanol–water partition coefficient (Wildman–Crippen LogP) is -0.777. The van der Waals surface area contributed by atoms with Crippen LogP contribution in [-0.4, -0.2) is 46.1 Å². The van der Waals surface area contributed by atoms with Crippen LogP contribution >= 0.6 is 0 Å². The number of esters is 1. The van der Waals surface area contributed by atoms with Crippen LogP contribution in [0.2, 0.25) is 0 Å². The van der Waals surface area contributed by atoms with E-state index in [-0.39, 0.29) is 5.69 Å². The highest BCUT2D eigenvalue weighted by molar-refractivity contribution is 5.95. The molecule has 18 heavy (non-hydrogen) atoms. The third-order valence-corrected chi connectivity index (χ3v) is 2.00. The molecule has 0 radical (unpaired) electrons. The number of rotatable bonds is 5. The minimum Gasteiger partial charge on any atom is -0.480 e. The lowest BCUT2D eigenvalue weighted by Gasteiger charge is -2.12. The van der Waals surface area contributed by atoms with Crippen molar-refractivity contribution in [1.29, 1.82) is 0 Å². The number of carbonyl (C=O) groups excluding carboxylic acids is 2. The van der Waals surface area contributed by atoms with Crippen LogP contribution in [0, 0.1) is 0 Å². The number of ether oxygens (including phenoxy) is 1. The molecule has 0 aromatic carbocycles. The van der Waals surface area contributed by atoms with Gasteiger partial charge in [-0.05, 0) is 0 Å². The van der Waals surface area contributed by atoms with Gasteiger partial charge in [0.25, 0.3) is 5.91 Å². The summed E-state index contributed by atoms with van der Waals surface area (Å²) in [6, 6.07) is -1.37. The van der Waals surface area contributed by atoms with Gasteiger partial charge in [0.15, 0.2) is 0 Å². The summed E-state index contributed by atoms with van der Waals surface area (Å²) in [5, 5.41) is 11.0. The van der Waals surface area contributed by atoms with Gasteiger partial charge in [-0.3, -0.25) is 14.6 Å². The molecule has 8 nitrogen and oxygen atoms in total. The fraction of sp³-hybridized carbons (Fsp3) is 0.300. The van der Waals surface area contributed by atoms with Gasteiger partial charge in [0.1, 0.15) is 11.7 Å². The van der Waals surface area contributed by atoms with Gasteiger partial charge < -0.3 is 15.2 Å². The fourth-order valence-electron chi connectivity index (χ4n) is 1.10. The second kappa shape index (κ2) is 6.28. The minimum absolute atomic E-state index is 0.0337. The van der Waals surface area contributed by atoms with Crippen molar-refractivity contribution >= 4 is 17.8 Å². The molecule has 1 aromatic rings. The van der Waals surface area contributed by atoms with Crippen molar-refractivity contribution in [3.63, 3.8) is 0 Å². The van der Waals surface area contributed by atoms with Crippen molar-refractivity contribution in [1.82, 2.24) is 15.3 Å². The van der Waals surface area contributed by atoms with Crippen LogP contribution in [0.4, 0.5) is 0 Å². The molecule has 0 saturated heterocycles. The molecule has 0 unspecified atom stereocenters. The molecule has 1 rings (SSSR count). The van der Waals surface area contributed by atoms with Crippen molar-refractivity contribution in [2.45, 2.75) is 12.5 Å². The van der Waals surface area contributed by atoms with Crippen molar-refractivity contribution < 1.29 is 24.2 Å². The number of aromatic nitrogens is 2. The molecule has 8 heteroatoms. The molecule has 1 aromatic heterocycles. The summed E-state index contributed by atoms with van der Waals surface area (Å²) in [5.74, 6) is -2.79. The van der Waals surface area contributed by atoms with E-state index < -0.39 is 30.3 Å². The smallest absolute Gasteiger partial charge is 0.326 e. The molecule has 0 fully saturated rings. The zero-order valence-corrected chi connectivity index (χ0v) is 9.49.